The average Bonchev–Trinajstić information content (AvgIpc) is 0.930. The molecule has 0 saturated heterocycles. The van der Waals surface area contributed by atoms with E-state index in [1.54, 1.807) is 13.8 Å². The van der Waals surface area contributed by atoms with Gasteiger partial charge in [-0.15, -0.1) is 0 Å². The number of rotatable bonds is 42. The number of benzene rings is 10. The van der Waals surface area contributed by atoms with Gasteiger partial charge in [-0.1, -0.05) is 90.1 Å². The number of hydrogen-bond donors (Lipinski definition) is 10. The van der Waals surface area contributed by atoms with E-state index in [1.165, 1.54) is 0 Å². The predicted octanol–water partition coefficient (Wildman–Crippen LogP) is 31.0. The number of nitrogens with one attached hydrogen (secondary N) is 10. The molecule has 10 rings (SSSR count). The first kappa shape index (κ1) is 123. The predicted molar refractivity (Wildman–Crippen MR) is 594 cm³/mol. The van der Waals surface area contributed by atoms with Crippen LogP contribution in [0, 0.1) is 0 Å². The van der Waals surface area contributed by atoms with Gasteiger partial charge in [-0.3, -0.25) is 28.8 Å². The number of ketones is 6. The van der Waals surface area contributed by atoms with Gasteiger partial charge < -0.3 is 72.1 Å². The lowest BCUT2D eigenvalue weighted by Crippen LogP contribution is -2.10. The Morgan fingerprint density at radius 3 is 0.710 bits per heavy atom. The van der Waals surface area contributed by atoms with Crippen LogP contribution in [0.15, 0.2) is 243 Å². The van der Waals surface area contributed by atoms with Crippen molar-refractivity contribution in [2.24, 2.45) is 0 Å². The van der Waals surface area contributed by atoms with Crippen LogP contribution in [-0.2, 0) is 0 Å². The maximum Gasteiger partial charge on any atom is 0.162 e. The van der Waals surface area contributed by atoms with Crippen molar-refractivity contribution in [1.82, 2.24) is 0 Å². The number of ether oxygens (including phenoxy) is 4. The van der Waals surface area contributed by atoms with Crippen LogP contribution >= 0.6 is 0 Å². The van der Waals surface area contributed by atoms with Gasteiger partial charge in [-0.25, -0.2) is 0 Å². The van der Waals surface area contributed by atoms with Crippen molar-refractivity contribution in [3.8, 4) is 23.0 Å². The monoisotopic (exact) mass is 1890 g/mol. The molecule has 20 nitrogen and oxygen atoms in total. The van der Waals surface area contributed by atoms with Gasteiger partial charge in [0, 0.05) is 188 Å². The molecule has 138 heavy (non-hydrogen) atoms. The summed E-state index contributed by atoms with van der Waals surface area (Å²) in [5.74, 6) is 4.80. The molecular formula is C118H174N10O10. The zero-order valence-corrected chi connectivity index (χ0v) is 89.4. The molecule has 10 aromatic rings. The summed E-state index contributed by atoms with van der Waals surface area (Å²) in [5.41, 5.74) is 15.4. The lowest BCUT2D eigenvalue weighted by molar-refractivity contribution is 0.0973. The molecule has 0 amide bonds. The standard InChI is InChI=1S/2C13H19NO.C12H19NO.2C12H17NO.C12H19NO.2C11H15NO.2C11H17NO/c1-4-6-13(15)11-7-5-8-12(9-11)14-10(2)3;1-4-5-13(15)11-6-8-12(9-7-11)14-10(2)3;1-4-9-14-12-7-5-11(6-8-12)13-10(2)3;1-4-12(14)10-5-7-11(8-6-10)13-9(2)3;1-4-12(14)10-6-5-7-11(8-10)13-9(2)3;1-4-8-14-12-7-5-6-11(9-12)13-10(2)3;1-8(2)12-11-6-4-10(5-7-11)9(3)13;1-8(2)12-11-6-4-5-10(7-11)9(3)13;1-4-13-11-7-5-10(6-8-11)12-9(2)3;1-4-13-11-7-5-6-10(8-11)12-9(2)3/h5,7-10,14H,4,6H2,1-3H3;6-10,14H,4-5H2,1-3H3;5-8,10,13H,4,9H2,1-3H3;2*5-9,13H,4H2,1-3H3;5-7,9-10,13H,4,8H2,1-3H3;2*4-8,12H,1-3H3;2*5-9,12H,4H2,1-3H3. The second-order valence-corrected chi connectivity index (χ2v) is 36.1. The van der Waals surface area contributed by atoms with E-state index in [2.05, 4.69) is 212 Å². The third-order valence-electron chi connectivity index (χ3n) is 18.4. The normalized spacial score (nSPS) is 10.3. The maximum absolute atomic E-state index is 11.7. The third kappa shape index (κ3) is 60.1. The molecule has 10 N–H and O–H groups in total. The van der Waals surface area contributed by atoms with Crippen LogP contribution in [0.2, 0.25) is 0 Å². The summed E-state index contributed by atoms with van der Waals surface area (Å²) in [6.45, 7) is 64.1. The Hall–Kier alpha value is -12.6. The van der Waals surface area contributed by atoms with Crippen LogP contribution in [0.4, 0.5) is 56.9 Å². The summed E-state index contributed by atoms with van der Waals surface area (Å²) in [6, 6.07) is 82.3. The number of hydrogen-bond acceptors (Lipinski definition) is 20. The highest BCUT2D eigenvalue weighted by Crippen LogP contribution is 2.24. The number of anilines is 10. The summed E-state index contributed by atoms with van der Waals surface area (Å²) >= 11 is 0. The fourth-order valence-electron chi connectivity index (χ4n) is 12.6. The topological polar surface area (TPSA) is 260 Å². The Morgan fingerprint density at radius 1 is 0.210 bits per heavy atom. The van der Waals surface area contributed by atoms with E-state index in [0.29, 0.717) is 92.7 Å². The maximum atomic E-state index is 11.7. The van der Waals surface area contributed by atoms with Crippen molar-refractivity contribution >= 4 is 91.6 Å². The highest BCUT2D eigenvalue weighted by molar-refractivity contribution is 5.99. The highest BCUT2D eigenvalue weighted by Gasteiger charge is 2.11. The molecular weight excluding hydrogens is 1720 g/mol. The Kier molecular flexibility index (Phi) is 65.1. The summed E-state index contributed by atoms with van der Waals surface area (Å²) in [5, 5.41) is 33.0. The SMILES string of the molecule is CC(=O)c1ccc(NC(C)C)cc1.CC(=O)c1cccc(NC(C)C)c1.CCC(=O)c1ccc(NC(C)C)cc1.CCC(=O)c1cccc(NC(C)C)c1.CCCC(=O)c1ccc(NC(C)C)cc1.CCCC(=O)c1cccc(NC(C)C)c1.CCCOc1ccc(NC(C)C)cc1.CCCOc1cccc(NC(C)C)c1.CCOc1ccc(NC(C)C)cc1.CCOc1cccc(NC(C)C)c1. The van der Waals surface area contributed by atoms with Gasteiger partial charge in [-0.05, 0) is 374 Å². The van der Waals surface area contributed by atoms with Crippen LogP contribution in [0.5, 0.6) is 23.0 Å². The largest absolute Gasteiger partial charge is 0.494 e. The smallest absolute Gasteiger partial charge is 0.162 e. The van der Waals surface area contributed by atoms with E-state index >= 15 is 0 Å². The first-order chi connectivity index (χ1) is 65.6. The molecule has 756 valence electrons. The zero-order valence-electron chi connectivity index (χ0n) is 89.4. The average molecular weight is 1890 g/mol. The van der Waals surface area contributed by atoms with E-state index in [9.17, 15) is 28.8 Å². The molecule has 0 aliphatic heterocycles. The van der Waals surface area contributed by atoms with Crippen molar-refractivity contribution in [2.45, 2.75) is 319 Å². The molecule has 0 heterocycles. The molecule has 0 fully saturated rings. The van der Waals surface area contributed by atoms with E-state index in [-0.39, 0.29) is 34.7 Å². The summed E-state index contributed by atoms with van der Waals surface area (Å²) in [4.78, 5) is 68.0. The molecule has 0 unspecified atom stereocenters. The molecule has 0 saturated carbocycles. The van der Waals surface area contributed by atoms with Crippen LogP contribution in [0.3, 0.4) is 0 Å². The summed E-state index contributed by atoms with van der Waals surface area (Å²) < 4.78 is 21.8. The summed E-state index contributed by atoms with van der Waals surface area (Å²) in [7, 11) is 0. The minimum atomic E-state index is 0.104. The van der Waals surface area contributed by atoms with Crippen LogP contribution in [0.1, 0.15) is 321 Å². The van der Waals surface area contributed by atoms with Crippen molar-refractivity contribution < 1.29 is 47.7 Å². The minimum absolute atomic E-state index is 0.104. The van der Waals surface area contributed by atoms with Crippen molar-refractivity contribution in [2.75, 3.05) is 79.6 Å². The van der Waals surface area contributed by atoms with Crippen molar-refractivity contribution in [1.29, 1.82) is 0 Å². The Bertz CT molecular complexity index is 4930. The van der Waals surface area contributed by atoms with Gasteiger partial charge in [0.05, 0.1) is 26.4 Å². The van der Waals surface area contributed by atoms with E-state index in [1.807, 2.05) is 278 Å². The Morgan fingerprint density at radius 2 is 0.428 bits per heavy atom. The first-order valence-corrected chi connectivity index (χ1v) is 49.9. The van der Waals surface area contributed by atoms with E-state index < -0.39 is 0 Å². The van der Waals surface area contributed by atoms with Crippen LogP contribution in [-0.4, -0.2) is 122 Å². The zero-order chi connectivity index (χ0) is 103. The number of carbonyl (C=O) groups is 6. The van der Waals surface area contributed by atoms with Crippen molar-refractivity contribution in [3.63, 3.8) is 0 Å². The molecule has 0 aromatic heterocycles. The first-order valence-electron chi connectivity index (χ1n) is 49.9. The van der Waals surface area contributed by atoms with Gasteiger partial charge in [0.1, 0.15) is 23.0 Å². The second kappa shape index (κ2) is 72.7. The fraction of sp³-hybridized carbons (Fsp3) is 0.441. The molecule has 10 aromatic carbocycles. The molecule has 0 spiro atoms. The molecule has 0 atom stereocenters. The van der Waals surface area contributed by atoms with Gasteiger partial charge in [0.2, 0.25) is 0 Å². The molecule has 0 aliphatic rings. The molecule has 0 bridgehead atoms. The van der Waals surface area contributed by atoms with E-state index in [0.717, 1.165) is 159 Å². The van der Waals surface area contributed by atoms with Gasteiger partial charge in [-0.2, -0.15) is 0 Å². The molecule has 20 heteroatoms. The molecule has 0 aliphatic carbocycles. The van der Waals surface area contributed by atoms with Gasteiger partial charge >= 0.3 is 0 Å². The summed E-state index contributed by atoms with van der Waals surface area (Å²) in [6.07, 6.45) is 6.30. The Balaban J connectivity index is 0.000000767. The highest BCUT2D eigenvalue weighted by atomic mass is 16.5. The number of carbonyl (C=O) groups excluding carboxylic acids is 6. The van der Waals surface area contributed by atoms with Crippen LogP contribution < -0.4 is 72.1 Å². The fourth-order valence-corrected chi connectivity index (χ4v) is 12.6. The third-order valence-corrected chi connectivity index (χ3v) is 18.4. The van der Waals surface area contributed by atoms with Crippen molar-refractivity contribution in [3.05, 3.63) is 276 Å². The molecule has 0 radical (unpaired) electrons. The van der Waals surface area contributed by atoms with Gasteiger partial charge in [0.25, 0.3) is 0 Å². The van der Waals surface area contributed by atoms with E-state index in [4.69, 9.17) is 18.9 Å². The quantitative estimate of drug-likeness (QED) is 0.0160. The lowest BCUT2D eigenvalue weighted by Gasteiger charge is -2.11. The lowest BCUT2D eigenvalue weighted by atomic mass is 10.1. The minimum Gasteiger partial charge on any atom is -0.494 e. The van der Waals surface area contributed by atoms with Crippen LogP contribution in [0.25, 0.3) is 0 Å². The second-order valence-electron chi connectivity index (χ2n) is 36.1. The Labute approximate surface area is 832 Å². The van der Waals surface area contributed by atoms with Gasteiger partial charge in [0.15, 0.2) is 34.7 Å². The number of Topliss-reactive ketones (excluding diaryl/α,β-unsaturated/α-hetero) is 6.